The summed E-state index contributed by atoms with van der Waals surface area (Å²) in [5.41, 5.74) is 17.0. The number of hydrogen-bond donors (Lipinski definition) is 0. The van der Waals surface area contributed by atoms with Crippen LogP contribution in [0.5, 0.6) is 0 Å². The fourth-order valence-corrected chi connectivity index (χ4v) is 4.65. The smallest absolute Gasteiger partial charge is 1.00 e. The largest absolute Gasteiger partial charge is 1.00 e. The zero-order chi connectivity index (χ0) is 35.2. The second-order valence-corrected chi connectivity index (χ2v) is 26.6. The number of rotatable bonds is 0. The Balaban J connectivity index is -0.000000234. The molecule has 4 unspecified atom stereocenters. The molecular weight excluding hydrogens is 703 g/mol. The minimum atomic E-state index is 0. The Morgan fingerprint density at radius 2 is 0.478 bits per heavy atom. The molecule has 0 N–H and O–H groups in total. The standard InChI is InChI=1S/4C9H13.2C2H6Si.2ClH.2Ti/c4*1-6-5-7(2)9(4)8(6)3;2*1-3-2;;;;/h4*6H,1-4H3;2*1-2H3;2*1H;;/q4*-1;;;;;2*+2/p-2. The second-order valence-electron chi connectivity index (χ2n) is 13.2. The minimum absolute atomic E-state index is 0. The van der Waals surface area contributed by atoms with E-state index >= 15 is 0 Å². The molecular formula is C40H64Cl2Si2Ti2-2. The fraction of sp³-hybridized carbons (Fsp3) is 0.600. The average molecular weight is 768 g/mol. The van der Waals surface area contributed by atoms with Crippen molar-refractivity contribution in [1.29, 1.82) is 0 Å². The molecule has 0 bridgehead atoms. The Morgan fingerprint density at radius 3 is 0.500 bits per heavy atom. The average Bonchev–Trinajstić information content (AvgIpc) is 3.46. The van der Waals surface area contributed by atoms with E-state index in [4.69, 9.17) is 0 Å². The van der Waals surface area contributed by atoms with E-state index in [0.717, 1.165) is 0 Å². The van der Waals surface area contributed by atoms with E-state index in [9.17, 15) is 0 Å². The molecule has 256 valence electrons. The van der Waals surface area contributed by atoms with Crippen LogP contribution >= 0.6 is 0 Å². The zero-order valence-corrected chi connectivity index (χ0v) is 39.7. The molecule has 0 aromatic rings. The molecule has 4 aliphatic carbocycles. The van der Waals surface area contributed by atoms with Crippen LogP contribution in [-0.2, 0) is 38.3 Å². The van der Waals surface area contributed by atoms with Gasteiger partial charge in [-0.2, -0.15) is 44.6 Å². The van der Waals surface area contributed by atoms with Crippen molar-refractivity contribution in [2.75, 3.05) is 0 Å². The maximum atomic E-state index is 3.36. The summed E-state index contributed by atoms with van der Waals surface area (Å²) in [7, 11) is 0. The van der Waals surface area contributed by atoms with Gasteiger partial charge in [-0.1, -0.05) is 107 Å². The molecule has 0 spiro atoms. The molecule has 0 aromatic carbocycles. The summed E-state index contributed by atoms with van der Waals surface area (Å²) in [6.45, 7) is 43.8. The zero-order valence-electron chi connectivity index (χ0n) is 33.1. The van der Waals surface area contributed by atoms with Gasteiger partial charge in [0, 0.05) is 0 Å². The van der Waals surface area contributed by atoms with Gasteiger partial charge >= 0.3 is 76.9 Å². The Bertz CT molecular complexity index is 1100. The first-order chi connectivity index (χ1) is 20.0. The summed E-state index contributed by atoms with van der Waals surface area (Å²) in [6, 6.07) is 0. The molecule has 0 nitrogen and oxygen atoms in total. The first kappa shape index (κ1) is 53.2. The summed E-state index contributed by atoms with van der Waals surface area (Å²) in [5, 5.41) is 0. The van der Waals surface area contributed by atoms with Crippen LogP contribution < -0.4 is 24.8 Å². The molecule has 0 amide bonds. The molecule has 4 rings (SSSR count). The number of allylic oxidation sites excluding steroid dienone is 16. The third-order valence-corrected chi connectivity index (χ3v) is 8.95. The van der Waals surface area contributed by atoms with Crippen molar-refractivity contribution < 1.29 is 63.2 Å². The normalized spacial score (nSPS) is 22.4. The molecule has 0 fully saturated rings. The van der Waals surface area contributed by atoms with Crippen LogP contribution in [0.2, 0.25) is 26.2 Å². The summed E-state index contributed by atoms with van der Waals surface area (Å²) in [5.74, 6) is 2.24. The van der Waals surface area contributed by atoms with Gasteiger partial charge in [0.15, 0.2) is 0 Å². The van der Waals surface area contributed by atoms with Crippen LogP contribution in [0.15, 0.2) is 66.9 Å². The van der Waals surface area contributed by atoms with Gasteiger partial charge in [0.2, 0.25) is 0 Å². The monoisotopic (exact) mass is 766 g/mol. The predicted molar refractivity (Wildman–Crippen MR) is 195 cm³/mol. The van der Waals surface area contributed by atoms with Gasteiger partial charge in [0.05, 0.1) is 0 Å². The molecule has 0 radical (unpaired) electrons. The van der Waals surface area contributed by atoms with Gasteiger partial charge in [-0.15, -0.1) is 27.7 Å². The van der Waals surface area contributed by atoms with Crippen LogP contribution in [0.1, 0.15) is 111 Å². The SMILES string of the molecule is CC1=[C-]C(C)C(C)=C1C.CC1=[C-]C(C)C(C)=C1C.CC1=[C-]C(C)C(C)=C1C.CC1=[C-]C(C)C(C)=C1C.C[Si](C)=[Ti+2].C[Si](C)=[Ti+2].[Cl-].[Cl-]. The Hall–Kier alpha value is 0.362. The number of hydrogen-bond acceptors (Lipinski definition) is 0. The van der Waals surface area contributed by atoms with Crippen LogP contribution in [0.4, 0.5) is 0 Å². The van der Waals surface area contributed by atoms with E-state index in [2.05, 4.69) is 200 Å². The molecule has 0 aliphatic heterocycles. The van der Waals surface area contributed by atoms with Crippen molar-refractivity contribution in [3.63, 3.8) is 0 Å². The van der Waals surface area contributed by atoms with E-state index in [1.165, 1.54) is 66.9 Å². The van der Waals surface area contributed by atoms with Crippen molar-refractivity contribution in [3.8, 4) is 0 Å². The van der Waals surface area contributed by atoms with Crippen LogP contribution in [0.3, 0.4) is 0 Å². The summed E-state index contributed by atoms with van der Waals surface area (Å²) in [6.07, 6.45) is 13.7. The molecule has 0 aromatic heterocycles. The van der Waals surface area contributed by atoms with Crippen molar-refractivity contribution >= 4 is 12.4 Å². The Morgan fingerprint density at radius 1 is 0.370 bits per heavy atom. The molecule has 0 saturated carbocycles. The second kappa shape index (κ2) is 26.2. The quantitative estimate of drug-likeness (QED) is 0.196. The topological polar surface area (TPSA) is 0 Å². The number of halogens is 2. The summed E-state index contributed by atoms with van der Waals surface area (Å²) < 4.78 is 0. The fourth-order valence-electron chi connectivity index (χ4n) is 4.65. The molecule has 4 aliphatic rings. The first-order valence-electron chi connectivity index (χ1n) is 16.1. The van der Waals surface area contributed by atoms with Crippen LogP contribution in [0, 0.1) is 48.0 Å². The summed E-state index contributed by atoms with van der Waals surface area (Å²) >= 11 is 4.54. The maximum Gasteiger partial charge on any atom is -1.00 e. The van der Waals surface area contributed by atoms with Crippen molar-refractivity contribution in [3.05, 3.63) is 91.2 Å². The third kappa shape index (κ3) is 20.1. The van der Waals surface area contributed by atoms with E-state index in [1.54, 1.807) is 0 Å². The predicted octanol–water partition coefficient (Wildman–Crippen LogP) is 6.46. The van der Waals surface area contributed by atoms with E-state index in [-0.39, 0.29) is 37.2 Å². The van der Waals surface area contributed by atoms with Gasteiger partial charge in [0.25, 0.3) is 0 Å². The van der Waals surface area contributed by atoms with Gasteiger partial charge in [0.1, 0.15) is 0 Å². The van der Waals surface area contributed by atoms with Crippen molar-refractivity contribution in [2.24, 2.45) is 23.7 Å². The third-order valence-electron chi connectivity index (χ3n) is 8.95. The van der Waals surface area contributed by atoms with Crippen LogP contribution in [0.25, 0.3) is 0 Å². The summed E-state index contributed by atoms with van der Waals surface area (Å²) in [4.78, 5) is 0. The maximum absolute atomic E-state index is 3.36. The molecule has 46 heavy (non-hydrogen) atoms. The van der Waals surface area contributed by atoms with Crippen molar-refractivity contribution in [2.45, 2.75) is 137 Å². The van der Waals surface area contributed by atoms with Gasteiger partial charge < -0.3 is 24.8 Å². The van der Waals surface area contributed by atoms with Gasteiger partial charge in [-0.25, -0.2) is 22.3 Å². The van der Waals surface area contributed by atoms with Gasteiger partial charge in [-0.05, 0) is 0 Å². The minimum Gasteiger partial charge on any atom is -1.00 e. The van der Waals surface area contributed by atoms with E-state index < -0.39 is 0 Å². The molecule has 6 heteroatoms. The molecule has 0 saturated heterocycles. The van der Waals surface area contributed by atoms with Crippen LogP contribution in [-0.4, -0.2) is 12.4 Å². The first-order valence-corrected chi connectivity index (χ1v) is 25.8. The Kier molecular flexibility index (Phi) is 30.3. The van der Waals surface area contributed by atoms with Gasteiger partial charge in [-0.3, -0.25) is 24.3 Å². The Labute approximate surface area is 324 Å². The van der Waals surface area contributed by atoms with E-state index in [0.29, 0.717) is 23.7 Å². The van der Waals surface area contributed by atoms with Crippen molar-refractivity contribution in [1.82, 2.24) is 0 Å². The molecule has 4 atom stereocenters. The van der Waals surface area contributed by atoms with E-state index in [1.807, 2.05) is 0 Å². The molecule has 0 heterocycles.